The van der Waals surface area contributed by atoms with Gasteiger partial charge < -0.3 is 10.1 Å². The van der Waals surface area contributed by atoms with Crippen LogP contribution in [0.2, 0.25) is 0 Å². The van der Waals surface area contributed by atoms with Crippen molar-refractivity contribution in [2.45, 2.75) is 31.2 Å². The Kier molecular flexibility index (Phi) is 7.12. The van der Waals surface area contributed by atoms with Crippen molar-refractivity contribution >= 4 is 11.9 Å². The number of methoxy groups -OCH3 is 1. The van der Waals surface area contributed by atoms with Crippen molar-refractivity contribution in [3.63, 3.8) is 0 Å². The minimum atomic E-state index is -5.02. The van der Waals surface area contributed by atoms with Crippen LogP contribution in [0.3, 0.4) is 0 Å². The molecule has 0 unspecified atom stereocenters. The number of rotatable bonds is 6. The maximum absolute atomic E-state index is 12.9. The van der Waals surface area contributed by atoms with E-state index in [-0.39, 0.29) is 12.5 Å². The van der Waals surface area contributed by atoms with Gasteiger partial charge in [0.2, 0.25) is 5.91 Å². The summed E-state index contributed by atoms with van der Waals surface area (Å²) in [7, 11) is 1.09. The van der Waals surface area contributed by atoms with Crippen LogP contribution in [0.1, 0.15) is 22.3 Å². The number of benzene rings is 2. The zero-order chi connectivity index (χ0) is 22.5. The molecule has 0 aromatic heterocycles. The van der Waals surface area contributed by atoms with Crippen LogP contribution in [0, 0.1) is 0 Å². The molecule has 10 heteroatoms. The number of esters is 1. The van der Waals surface area contributed by atoms with Gasteiger partial charge in [-0.3, -0.25) is 4.79 Å². The number of carbonyl (C=O) groups is 2. The Morgan fingerprint density at radius 1 is 0.900 bits per heavy atom. The van der Waals surface area contributed by atoms with Gasteiger partial charge in [-0.15, -0.1) is 0 Å². The largest absolute Gasteiger partial charge is 0.467 e. The number of halogens is 6. The van der Waals surface area contributed by atoms with E-state index in [1.807, 2.05) is 0 Å². The molecule has 0 fully saturated rings. The summed E-state index contributed by atoms with van der Waals surface area (Å²) in [6.45, 7) is 0. The molecule has 0 saturated heterocycles. The van der Waals surface area contributed by atoms with Gasteiger partial charge in [0, 0.05) is 6.42 Å². The van der Waals surface area contributed by atoms with Crippen molar-refractivity contribution in [3.05, 3.63) is 70.8 Å². The number of amides is 1. The van der Waals surface area contributed by atoms with E-state index in [1.165, 1.54) is 0 Å². The van der Waals surface area contributed by atoms with Gasteiger partial charge >= 0.3 is 18.3 Å². The van der Waals surface area contributed by atoms with E-state index in [4.69, 9.17) is 0 Å². The van der Waals surface area contributed by atoms with E-state index in [9.17, 15) is 35.9 Å². The SMILES string of the molecule is COC(=O)[C@@H](Cc1ccccc1)NC(=O)Cc1cc(C(F)(F)F)cc(C(F)(F)F)c1. The Morgan fingerprint density at radius 3 is 1.90 bits per heavy atom. The average molecular weight is 433 g/mol. The first kappa shape index (κ1) is 23.2. The molecule has 1 N–H and O–H groups in total. The molecule has 162 valence electrons. The highest BCUT2D eigenvalue weighted by Crippen LogP contribution is 2.36. The summed E-state index contributed by atoms with van der Waals surface area (Å²) in [5.74, 6) is -1.72. The summed E-state index contributed by atoms with van der Waals surface area (Å²) in [6, 6.07) is 8.28. The monoisotopic (exact) mass is 433 g/mol. The molecular weight excluding hydrogens is 416 g/mol. The van der Waals surface area contributed by atoms with Gasteiger partial charge in [0.25, 0.3) is 0 Å². The third kappa shape index (κ3) is 6.50. The summed E-state index contributed by atoms with van der Waals surface area (Å²) in [4.78, 5) is 24.2. The summed E-state index contributed by atoms with van der Waals surface area (Å²) in [6.07, 6.45) is -10.8. The van der Waals surface area contributed by atoms with Crippen molar-refractivity contribution in [1.82, 2.24) is 5.32 Å². The van der Waals surface area contributed by atoms with Crippen molar-refractivity contribution in [3.8, 4) is 0 Å². The van der Waals surface area contributed by atoms with E-state index >= 15 is 0 Å². The Bertz CT molecular complexity index is 861. The van der Waals surface area contributed by atoms with Crippen LogP contribution in [0.25, 0.3) is 0 Å². The molecule has 0 aliphatic heterocycles. The molecule has 0 saturated carbocycles. The lowest BCUT2D eigenvalue weighted by molar-refractivity contribution is -0.145. The highest BCUT2D eigenvalue weighted by Gasteiger charge is 2.37. The quantitative estimate of drug-likeness (QED) is 0.550. The average Bonchev–Trinajstić information content (AvgIpc) is 2.66. The third-order valence-corrected chi connectivity index (χ3v) is 4.12. The molecule has 0 heterocycles. The normalized spacial score (nSPS) is 12.9. The van der Waals surface area contributed by atoms with Gasteiger partial charge in [0.15, 0.2) is 0 Å². The molecular formula is C20H17F6NO3. The predicted molar refractivity (Wildman–Crippen MR) is 94.2 cm³/mol. The second kappa shape index (κ2) is 9.19. The van der Waals surface area contributed by atoms with Crippen LogP contribution in [0.4, 0.5) is 26.3 Å². The van der Waals surface area contributed by atoms with Crippen LogP contribution in [-0.2, 0) is 39.5 Å². The number of ether oxygens (including phenoxy) is 1. The fourth-order valence-electron chi connectivity index (χ4n) is 2.74. The first-order valence-electron chi connectivity index (χ1n) is 8.59. The van der Waals surface area contributed by atoms with E-state index in [2.05, 4.69) is 10.1 Å². The Balaban J connectivity index is 2.23. The molecule has 0 spiro atoms. The molecule has 2 aromatic rings. The lowest BCUT2D eigenvalue weighted by Crippen LogP contribution is -2.43. The highest BCUT2D eigenvalue weighted by atomic mass is 19.4. The zero-order valence-corrected chi connectivity index (χ0v) is 15.6. The summed E-state index contributed by atoms with van der Waals surface area (Å²) >= 11 is 0. The van der Waals surface area contributed by atoms with Crippen LogP contribution in [-0.4, -0.2) is 25.0 Å². The lowest BCUT2D eigenvalue weighted by Gasteiger charge is -2.18. The molecule has 4 nitrogen and oxygen atoms in total. The molecule has 2 rings (SSSR count). The Hall–Kier alpha value is -3.04. The molecule has 0 radical (unpaired) electrons. The number of alkyl halides is 6. The maximum Gasteiger partial charge on any atom is 0.416 e. The Labute approximate surface area is 167 Å². The Morgan fingerprint density at radius 2 is 1.43 bits per heavy atom. The topological polar surface area (TPSA) is 55.4 Å². The molecule has 0 aliphatic carbocycles. The fraction of sp³-hybridized carbons (Fsp3) is 0.300. The van der Waals surface area contributed by atoms with Crippen LogP contribution >= 0.6 is 0 Å². The molecule has 2 aromatic carbocycles. The van der Waals surface area contributed by atoms with Gasteiger partial charge in [0.1, 0.15) is 6.04 Å². The van der Waals surface area contributed by atoms with Crippen molar-refractivity contribution in [1.29, 1.82) is 0 Å². The van der Waals surface area contributed by atoms with Gasteiger partial charge in [-0.05, 0) is 29.3 Å². The van der Waals surface area contributed by atoms with E-state index in [1.54, 1.807) is 30.3 Å². The van der Waals surface area contributed by atoms with Crippen LogP contribution in [0.5, 0.6) is 0 Å². The zero-order valence-electron chi connectivity index (χ0n) is 15.6. The van der Waals surface area contributed by atoms with E-state index in [0.29, 0.717) is 17.7 Å². The number of hydrogen-bond donors (Lipinski definition) is 1. The van der Waals surface area contributed by atoms with Gasteiger partial charge in [-0.2, -0.15) is 26.3 Å². The summed E-state index contributed by atoms with van der Waals surface area (Å²) in [5.41, 5.74) is -2.85. The van der Waals surface area contributed by atoms with Gasteiger partial charge in [0.05, 0.1) is 24.7 Å². The lowest BCUT2D eigenvalue weighted by atomic mass is 10.0. The molecule has 0 bridgehead atoms. The van der Waals surface area contributed by atoms with Crippen molar-refractivity contribution < 1.29 is 40.7 Å². The minimum Gasteiger partial charge on any atom is -0.467 e. The predicted octanol–water partition coefficient (Wildman–Crippen LogP) is 4.17. The van der Waals surface area contributed by atoms with Crippen LogP contribution in [0.15, 0.2) is 48.5 Å². The molecule has 30 heavy (non-hydrogen) atoms. The first-order valence-corrected chi connectivity index (χ1v) is 8.59. The van der Waals surface area contributed by atoms with Gasteiger partial charge in [-0.25, -0.2) is 4.79 Å². The highest BCUT2D eigenvalue weighted by molar-refractivity contribution is 5.85. The summed E-state index contributed by atoms with van der Waals surface area (Å²) < 4.78 is 82.3. The third-order valence-electron chi connectivity index (χ3n) is 4.12. The maximum atomic E-state index is 12.9. The fourth-order valence-corrected chi connectivity index (χ4v) is 2.74. The summed E-state index contributed by atoms with van der Waals surface area (Å²) in [5, 5.41) is 2.31. The van der Waals surface area contributed by atoms with Crippen LogP contribution < -0.4 is 5.32 Å². The first-order chi connectivity index (χ1) is 13.9. The van der Waals surface area contributed by atoms with Crippen molar-refractivity contribution in [2.75, 3.05) is 7.11 Å². The second-order valence-electron chi connectivity index (χ2n) is 6.42. The molecule has 0 aliphatic rings. The minimum absolute atomic E-state index is 0.0198. The van der Waals surface area contributed by atoms with E-state index < -0.39 is 53.4 Å². The number of nitrogens with one attached hydrogen (secondary N) is 1. The van der Waals surface area contributed by atoms with Crippen molar-refractivity contribution in [2.24, 2.45) is 0 Å². The molecule has 1 amide bonds. The smallest absolute Gasteiger partial charge is 0.416 e. The van der Waals surface area contributed by atoms with Gasteiger partial charge in [-0.1, -0.05) is 30.3 Å². The molecule has 1 atom stereocenters. The van der Waals surface area contributed by atoms with E-state index in [0.717, 1.165) is 7.11 Å². The number of carbonyl (C=O) groups excluding carboxylic acids is 2. The standard InChI is InChI=1S/C20H17F6NO3/c1-30-18(29)16(9-12-5-3-2-4-6-12)27-17(28)10-13-7-14(19(21,22)23)11-15(8-13)20(24,25)26/h2-8,11,16H,9-10H2,1H3,(H,27,28)/t16-/m1/s1. The second-order valence-corrected chi connectivity index (χ2v) is 6.42. The number of hydrogen-bond acceptors (Lipinski definition) is 3.